The zero-order chi connectivity index (χ0) is 22.7. The second-order valence-corrected chi connectivity index (χ2v) is 8.40. The fourth-order valence-electron chi connectivity index (χ4n) is 3.27. The molecule has 0 fully saturated rings. The van der Waals surface area contributed by atoms with Crippen LogP contribution in [-0.4, -0.2) is 16.0 Å². The Hall–Kier alpha value is -3.22. The zero-order valence-corrected chi connectivity index (χ0v) is 19.3. The van der Waals surface area contributed by atoms with E-state index in [1.54, 1.807) is 24.3 Å². The average molecular weight is 464 g/mol. The smallest absolute Gasteiger partial charge is 0.257 e. The highest BCUT2D eigenvalue weighted by Gasteiger charge is 2.12. The Kier molecular flexibility index (Phi) is 6.53. The predicted molar refractivity (Wildman–Crippen MR) is 133 cm³/mol. The van der Waals surface area contributed by atoms with Crippen molar-refractivity contribution in [1.82, 2.24) is 10.3 Å². The number of hydrogen-bond acceptors (Lipinski definition) is 4. The molecular weight excluding hydrogens is 442 g/mol. The van der Waals surface area contributed by atoms with Crippen molar-refractivity contribution in [2.24, 2.45) is 0 Å². The molecule has 0 saturated carbocycles. The number of oxazole rings is 1. The van der Waals surface area contributed by atoms with Crippen LogP contribution in [0.5, 0.6) is 0 Å². The Morgan fingerprint density at radius 3 is 2.62 bits per heavy atom. The molecule has 0 unspecified atom stereocenters. The number of carbonyl (C=O) groups is 1. The summed E-state index contributed by atoms with van der Waals surface area (Å²) in [5, 5.41) is 6.34. The first kappa shape index (κ1) is 22.0. The Balaban J connectivity index is 1.43. The quantitative estimate of drug-likeness (QED) is 0.319. The number of amides is 1. The number of aromatic nitrogens is 1. The molecule has 0 spiro atoms. The van der Waals surface area contributed by atoms with Crippen molar-refractivity contribution >= 4 is 51.6 Å². The number of carbonyl (C=O) groups excluding carboxylic acids is 1. The summed E-state index contributed by atoms with van der Waals surface area (Å²) in [7, 11) is 0. The summed E-state index contributed by atoms with van der Waals surface area (Å²) in [5.41, 5.74) is 4.90. The highest BCUT2D eigenvalue weighted by Crippen LogP contribution is 2.28. The van der Waals surface area contributed by atoms with Crippen LogP contribution in [0.2, 0.25) is 5.02 Å². The van der Waals surface area contributed by atoms with Gasteiger partial charge in [-0.25, -0.2) is 4.98 Å². The van der Waals surface area contributed by atoms with Gasteiger partial charge >= 0.3 is 0 Å². The maximum atomic E-state index is 12.3. The molecule has 0 aliphatic carbocycles. The van der Waals surface area contributed by atoms with Gasteiger partial charge in [0.15, 0.2) is 10.7 Å². The Bertz CT molecular complexity index is 1280. The van der Waals surface area contributed by atoms with E-state index in [1.165, 1.54) is 5.56 Å². The van der Waals surface area contributed by atoms with Crippen molar-refractivity contribution in [2.45, 2.75) is 26.2 Å². The first-order valence-corrected chi connectivity index (χ1v) is 11.1. The summed E-state index contributed by atoms with van der Waals surface area (Å²) in [6.45, 7) is 4.38. The first-order chi connectivity index (χ1) is 15.4. The molecule has 1 atom stereocenters. The van der Waals surface area contributed by atoms with Gasteiger partial charge in [-0.05, 0) is 84.7 Å². The van der Waals surface area contributed by atoms with Crippen molar-refractivity contribution < 1.29 is 9.21 Å². The molecule has 5 nitrogen and oxygen atoms in total. The lowest BCUT2D eigenvalue weighted by Gasteiger charge is -2.10. The van der Waals surface area contributed by atoms with Gasteiger partial charge in [-0.15, -0.1) is 0 Å². The molecule has 0 aliphatic heterocycles. The van der Waals surface area contributed by atoms with Gasteiger partial charge in [0.05, 0.1) is 0 Å². The molecule has 1 aromatic heterocycles. The van der Waals surface area contributed by atoms with Crippen LogP contribution >= 0.6 is 23.8 Å². The van der Waals surface area contributed by atoms with Gasteiger partial charge in [-0.1, -0.05) is 37.6 Å². The van der Waals surface area contributed by atoms with Crippen molar-refractivity contribution in [3.8, 4) is 11.5 Å². The molecule has 32 heavy (non-hydrogen) atoms. The van der Waals surface area contributed by atoms with Crippen LogP contribution in [0.4, 0.5) is 5.69 Å². The van der Waals surface area contributed by atoms with Crippen LogP contribution in [0, 0.1) is 0 Å². The molecule has 0 saturated heterocycles. The lowest BCUT2D eigenvalue weighted by atomic mass is 9.98. The fraction of sp³-hybridized carbons (Fsp3) is 0.160. The SMILES string of the molecule is CC[C@@H](C)c1ccc2oc(-c3ccc(NC(=S)NC(=O)c4cccc(Cl)c4)cc3)nc2c1. The number of fused-ring (bicyclic) bond motifs is 1. The molecular formula is C25H22ClN3O2S. The largest absolute Gasteiger partial charge is 0.436 e. The van der Waals surface area contributed by atoms with Gasteiger partial charge in [-0.2, -0.15) is 0 Å². The molecule has 4 rings (SSSR count). The lowest BCUT2D eigenvalue weighted by Crippen LogP contribution is -2.34. The molecule has 1 heterocycles. The van der Waals surface area contributed by atoms with Crippen LogP contribution < -0.4 is 10.6 Å². The van der Waals surface area contributed by atoms with Crippen LogP contribution in [-0.2, 0) is 0 Å². The third-order valence-corrected chi connectivity index (χ3v) is 5.74. The number of halogens is 1. The number of thiocarbonyl (C=S) groups is 1. The first-order valence-electron chi connectivity index (χ1n) is 10.3. The zero-order valence-electron chi connectivity index (χ0n) is 17.7. The van der Waals surface area contributed by atoms with E-state index in [4.69, 9.17) is 28.2 Å². The highest BCUT2D eigenvalue weighted by atomic mass is 35.5. The number of rotatable bonds is 5. The lowest BCUT2D eigenvalue weighted by molar-refractivity contribution is 0.0977. The summed E-state index contributed by atoms with van der Waals surface area (Å²) in [5.74, 6) is 0.711. The molecule has 1 amide bonds. The van der Waals surface area contributed by atoms with E-state index in [1.807, 2.05) is 30.3 Å². The van der Waals surface area contributed by atoms with E-state index < -0.39 is 0 Å². The molecule has 7 heteroatoms. The van der Waals surface area contributed by atoms with Gasteiger partial charge < -0.3 is 9.73 Å². The van der Waals surface area contributed by atoms with Gasteiger partial charge in [0, 0.05) is 21.8 Å². The minimum absolute atomic E-state index is 0.196. The minimum atomic E-state index is -0.329. The number of nitrogens with one attached hydrogen (secondary N) is 2. The third-order valence-electron chi connectivity index (χ3n) is 5.30. The summed E-state index contributed by atoms with van der Waals surface area (Å²) in [6.07, 6.45) is 1.08. The Labute approximate surface area is 196 Å². The second kappa shape index (κ2) is 9.51. The monoisotopic (exact) mass is 463 g/mol. The Morgan fingerprint density at radius 1 is 1.12 bits per heavy atom. The number of nitrogens with zero attached hydrogens (tertiary/aromatic N) is 1. The van der Waals surface area contributed by atoms with E-state index in [9.17, 15) is 4.79 Å². The van der Waals surface area contributed by atoms with E-state index in [-0.39, 0.29) is 11.0 Å². The number of hydrogen-bond donors (Lipinski definition) is 2. The molecule has 0 radical (unpaired) electrons. The highest BCUT2D eigenvalue weighted by molar-refractivity contribution is 7.80. The summed E-state index contributed by atoms with van der Waals surface area (Å²) in [4.78, 5) is 16.9. The maximum absolute atomic E-state index is 12.3. The summed E-state index contributed by atoms with van der Waals surface area (Å²) < 4.78 is 5.93. The van der Waals surface area contributed by atoms with Crippen LogP contribution in [0.1, 0.15) is 42.1 Å². The van der Waals surface area contributed by atoms with Gasteiger partial charge in [0.25, 0.3) is 5.91 Å². The van der Waals surface area contributed by atoms with Crippen molar-refractivity contribution in [3.05, 3.63) is 82.9 Å². The standard InChI is InChI=1S/C25H22ClN3O2S/c1-3-15(2)17-9-12-22-21(14-17)28-24(31-22)16-7-10-20(11-8-16)27-25(32)29-23(30)18-5-4-6-19(26)13-18/h4-15H,3H2,1-2H3,(H2,27,29,30,32)/t15-/m1/s1. The molecule has 3 aromatic carbocycles. The molecule has 0 aliphatic rings. The van der Waals surface area contributed by atoms with E-state index in [2.05, 4.69) is 41.6 Å². The summed E-state index contributed by atoms with van der Waals surface area (Å²) in [6, 6.07) is 20.3. The van der Waals surface area contributed by atoms with Gasteiger partial charge in [0.2, 0.25) is 5.89 Å². The van der Waals surface area contributed by atoms with Gasteiger partial charge in [-0.3, -0.25) is 10.1 Å². The summed E-state index contributed by atoms with van der Waals surface area (Å²) >= 11 is 11.2. The number of benzene rings is 3. The van der Waals surface area contributed by atoms with Crippen LogP contribution in [0.3, 0.4) is 0 Å². The van der Waals surface area contributed by atoms with Crippen molar-refractivity contribution in [2.75, 3.05) is 5.32 Å². The third kappa shape index (κ3) is 4.98. The van der Waals surface area contributed by atoms with Gasteiger partial charge in [0.1, 0.15) is 5.52 Å². The number of anilines is 1. The normalized spacial score (nSPS) is 11.8. The van der Waals surface area contributed by atoms with Crippen LogP contribution in [0.15, 0.2) is 71.1 Å². The van der Waals surface area contributed by atoms with E-state index in [0.717, 1.165) is 28.8 Å². The van der Waals surface area contributed by atoms with Crippen molar-refractivity contribution in [3.63, 3.8) is 0 Å². The average Bonchev–Trinajstić information content (AvgIpc) is 3.22. The minimum Gasteiger partial charge on any atom is -0.436 e. The van der Waals surface area contributed by atoms with E-state index in [0.29, 0.717) is 22.4 Å². The van der Waals surface area contributed by atoms with Crippen LogP contribution in [0.25, 0.3) is 22.6 Å². The molecule has 0 bridgehead atoms. The van der Waals surface area contributed by atoms with Crippen molar-refractivity contribution in [1.29, 1.82) is 0 Å². The Morgan fingerprint density at radius 2 is 1.91 bits per heavy atom. The predicted octanol–water partition coefficient (Wildman–Crippen LogP) is 6.79. The topological polar surface area (TPSA) is 67.2 Å². The molecule has 4 aromatic rings. The molecule has 2 N–H and O–H groups in total. The van der Waals surface area contributed by atoms with E-state index >= 15 is 0 Å². The second-order valence-electron chi connectivity index (χ2n) is 7.55. The fourth-order valence-corrected chi connectivity index (χ4v) is 3.67. The molecule has 162 valence electrons. The maximum Gasteiger partial charge on any atom is 0.257 e.